The van der Waals surface area contributed by atoms with Crippen molar-refractivity contribution in [2.24, 2.45) is 5.92 Å². The molecule has 0 aromatic heterocycles. The summed E-state index contributed by atoms with van der Waals surface area (Å²) >= 11 is 0. The van der Waals surface area contributed by atoms with Crippen LogP contribution in [0.4, 0.5) is 5.69 Å². The molecule has 0 saturated carbocycles. The molecule has 1 unspecified atom stereocenters. The van der Waals surface area contributed by atoms with Crippen molar-refractivity contribution in [1.29, 1.82) is 0 Å². The van der Waals surface area contributed by atoms with Crippen LogP contribution in [0.3, 0.4) is 0 Å². The lowest BCUT2D eigenvalue weighted by Crippen LogP contribution is -2.40. The summed E-state index contributed by atoms with van der Waals surface area (Å²) in [4.78, 5) is 25.3. The summed E-state index contributed by atoms with van der Waals surface area (Å²) in [7, 11) is 1.65. The van der Waals surface area contributed by atoms with E-state index in [0.717, 1.165) is 12.2 Å². The number of carbonyl (C=O) groups excluding carboxylic acids is 2. The molecule has 0 aliphatic rings. The number of benzene rings is 1. The lowest BCUT2D eigenvalue weighted by Gasteiger charge is -2.21. The predicted molar refractivity (Wildman–Crippen MR) is 80.4 cm³/mol. The van der Waals surface area contributed by atoms with Crippen molar-refractivity contribution in [3.63, 3.8) is 0 Å². The summed E-state index contributed by atoms with van der Waals surface area (Å²) in [6.45, 7) is 5.37. The monoisotopic (exact) mass is 277 g/mol. The fourth-order valence-electron chi connectivity index (χ4n) is 1.84. The van der Waals surface area contributed by atoms with E-state index >= 15 is 0 Å². The van der Waals surface area contributed by atoms with E-state index in [1.807, 2.05) is 44.2 Å². The Balaban J connectivity index is 2.42. The summed E-state index contributed by atoms with van der Waals surface area (Å²) in [5.74, 6) is -0.360. The molecule has 1 aromatic carbocycles. The first-order valence-corrected chi connectivity index (χ1v) is 6.85. The average Bonchev–Trinajstić information content (AvgIpc) is 2.44. The molecule has 0 heterocycles. The average molecular weight is 277 g/mol. The Kier molecular flexibility index (Phi) is 6.73. The maximum Gasteiger partial charge on any atom is 0.243 e. The van der Waals surface area contributed by atoms with E-state index in [9.17, 15) is 9.59 Å². The van der Waals surface area contributed by atoms with Crippen LogP contribution in [-0.4, -0.2) is 43.4 Å². The van der Waals surface area contributed by atoms with Crippen molar-refractivity contribution in [3.8, 4) is 0 Å². The van der Waals surface area contributed by atoms with Gasteiger partial charge in [-0.15, -0.1) is 0 Å². The third-order valence-corrected chi connectivity index (χ3v) is 2.94. The third-order valence-electron chi connectivity index (χ3n) is 2.94. The number of hydrogen-bond acceptors (Lipinski definition) is 3. The smallest absolute Gasteiger partial charge is 0.243 e. The van der Waals surface area contributed by atoms with Gasteiger partial charge in [-0.05, 0) is 18.7 Å². The van der Waals surface area contributed by atoms with Crippen molar-refractivity contribution in [1.82, 2.24) is 10.2 Å². The van der Waals surface area contributed by atoms with E-state index in [1.54, 1.807) is 7.05 Å². The van der Waals surface area contributed by atoms with E-state index in [2.05, 4.69) is 10.6 Å². The Labute approximate surface area is 120 Å². The van der Waals surface area contributed by atoms with Gasteiger partial charge in [0.25, 0.3) is 0 Å². The van der Waals surface area contributed by atoms with Crippen molar-refractivity contribution in [2.75, 3.05) is 32.0 Å². The number of carbonyl (C=O) groups is 2. The molecule has 1 atom stereocenters. The SMILES string of the molecule is CCNCC(C)C(=O)N(C)CC(=O)Nc1ccccc1. The first-order valence-electron chi connectivity index (χ1n) is 6.85. The molecule has 1 aromatic rings. The molecule has 0 radical (unpaired) electrons. The van der Waals surface area contributed by atoms with Crippen LogP contribution in [0.25, 0.3) is 0 Å². The van der Waals surface area contributed by atoms with E-state index in [-0.39, 0.29) is 24.3 Å². The molecule has 5 nitrogen and oxygen atoms in total. The van der Waals surface area contributed by atoms with Crippen LogP contribution in [0.15, 0.2) is 30.3 Å². The fourth-order valence-corrected chi connectivity index (χ4v) is 1.84. The number of anilines is 1. The highest BCUT2D eigenvalue weighted by Gasteiger charge is 2.18. The molecule has 0 spiro atoms. The van der Waals surface area contributed by atoms with Gasteiger partial charge in [-0.1, -0.05) is 32.0 Å². The van der Waals surface area contributed by atoms with Crippen LogP contribution in [-0.2, 0) is 9.59 Å². The second-order valence-corrected chi connectivity index (χ2v) is 4.82. The number of nitrogens with one attached hydrogen (secondary N) is 2. The number of hydrogen-bond donors (Lipinski definition) is 2. The van der Waals surface area contributed by atoms with Crippen molar-refractivity contribution >= 4 is 17.5 Å². The summed E-state index contributed by atoms with van der Waals surface area (Å²) in [6.07, 6.45) is 0. The van der Waals surface area contributed by atoms with Crippen LogP contribution in [0, 0.1) is 5.92 Å². The van der Waals surface area contributed by atoms with Gasteiger partial charge in [-0.25, -0.2) is 0 Å². The van der Waals surface area contributed by atoms with Gasteiger partial charge in [0.1, 0.15) is 0 Å². The molecule has 2 amide bonds. The first-order chi connectivity index (χ1) is 9.54. The molecule has 110 valence electrons. The maximum atomic E-state index is 12.0. The quantitative estimate of drug-likeness (QED) is 0.790. The molecule has 20 heavy (non-hydrogen) atoms. The second-order valence-electron chi connectivity index (χ2n) is 4.82. The lowest BCUT2D eigenvalue weighted by molar-refractivity contribution is -0.136. The Morgan fingerprint density at radius 2 is 1.90 bits per heavy atom. The number of nitrogens with zero attached hydrogens (tertiary/aromatic N) is 1. The topological polar surface area (TPSA) is 61.4 Å². The van der Waals surface area contributed by atoms with Crippen LogP contribution in [0.5, 0.6) is 0 Å². The highest BCUT2D eigenvalue weighted by atomic mass is 16.2. The third kappa shape index (κ3) is 5.40. The van der Waals surface area contributed by atoms with Crippen molar-refractivity contribution in [2.45, 2.75) is 13.8 Å². The van der Waals surface area contributed by atoms with Gasteiger partial charge in [0.05, 0.1) is 6.54 Å². The Morgan fingerprint density at radius 3 is 2.50 bits per heavy atom. The standard InChI is InChI=1S/C15H23N3O2/c1-4-16-10-12(2)15(20)18(3)11-14(19)17-13-8-6-5-7-9-13/h5-9,12,16H,4,10-11H2,1-3H3,(H,17,19). The van der Waals surface area contributed by atoms with Crippen molar-refractivity contribution < 1.29 is 9.59 Å². The molecular weight excluding hydrogens is 254 g/mol. The zero-order valence-corrected chi connectivity index (χ0v) is 12.3. The molecule has 1 rings (SSSR count). The van der Waals surface area contributed by atoms with E-state index < -0.39 is 0 Å². The van der Waals surface area contributed by atoms with Crippen LogP contribution in [0.2, 0.25) is 0 Å². The molecule has 0 aliphatic heterocycles. The zero-order chi connectivity index (χ0) is 15.0. The van der Waals surface area contributed by atoms with Crippen LogP contribution < -0.4 is 10.6 Å². The Morgan fingerprint density at radius 1 is 1.25 bits per heavy atom. The summed E-state index contributed by atoms with van der Waals surface area (Å²) in [5.41, 5.74) is 0.735. The van der Waals surface area contributed by atoms with Gasteiger partial charge in [0, 0.05) is 25.2 Å². The molecule has 0 saturated heterocycles. The van der Waals surface area contributed by atoms with Gasteiger partial charge < -0.3 is 15.5 Å². The van der Waals surface area contributed by atoms with E-state index in [4.69, 9.17) is 0 Å². The highest BCUT2D eigenvalue weighted by Crippen LogP contribution is 2.05. The molecule has 2 N–H and O–H groups in total. The van der Waals surface area contributed by atoms with Gasteiger partial charge in [-0.3, -0.25) is 9.59 Å². The molecule has 0 fully saturated rings. The lowest BCUT2D eigenvalue weighted by atomic mass is 10.1. The van der Waals surface area contributed by atoms with E-state index in [1.165, 1.54) is 4.90 Å². The van der Waals surface area contributed by atoms with Crippen LogP contribution >= 0.6 is 0 Å². The Hall–Kier alpha value is -1.88. The van der Waals surface area contributed by atoms with Gasteiger partial charge >= 0.3 is 0 Å². The minimum Gasteiger partial charge on any atom is -0.336 e. The molecule has 5 heteroatoms. The number of rotatable bonds is 7. The molecule has 0 aliphatic carbocycles. The fraction of sp³-hybridized carbons (Fsp3) is 0.467. The normalized spacial score (nSPS) is 11.8. The van der Waals surface area contributed by atoms with Crippen molar-refractivity contribution in [3.05, 3.63) is 30.3 Å². The predicted octanol–water partition coefficient (Wildman–Crippen LogP) is 1.33. The van der Waals surface area contributed by atoms with Crippen LogP contribution in [0.1, 0.15) is 13.8 Å². The minimum atomic E-state index is -0.192. The molecule has 0 bridgehead atoms. The van der Waals surface area contributed by atoms with Gasteiger partial charge in [0.15, 0.2) is 0 Å². The van der Waals surface area contributed by atoms with Gasteiger partial charge in [0.2, 0.25) is 11.8 Å². The minimum absolute atomic E-state index is 0.0332. The van der Waals surface area contributed by atoms with E-state index in [0.29, 0.717) is 6.54 Å². The summed E-state index contributed by atoms with van der Waals surface area (Å²) < 4.78 is 0. The summed E-state index contributed by atoms with van der Waals surface area (Å²) in [6, 6.07) is 9.21. The van der Waals surface area contributed by atoms with Gasteiger partial charge in [-0.2, -0.15) is 0 Å². The maximum absolute atomic E-state index is 12.0. The summed E-state index contributed by atoms with van der Waals surface area (Å²) in [5, 5.41) is 5.89. The second kappa shape index (κ2) is 8.32. The number of para-hydroxylation sites is 1. The zero-order valence-electron chi connectivity index (χ0n) is 12.3. The number of likely N-dealkylation sites (N-methyl/N-ethyl adjacent to an activating group) is 1. The Bertz CT molecular complexity index is 434. The first kappa shape index (κ1) is 16.2. The highest BCUT2D eigenvalue weighted by molar-refractivity contribution is 5.94. The largest absolute Gasteiger partial charge is 0.336 e. The number of amides is 2. The molecular formula is C15H23N3O2.